The lowest BCUT2D eigenvalue weighted by atomic mass is 10.4. The predicted octanol–water partition coefficient (Wildman–Crippen LogP) is 1.79. The first-order valence-electron chi connectivity index (χ1n) is 2.93. The van der Waals surface area contributed by atoms with E-state index in [4.69, 9.17) is 4.42 Å². The number of allylic oxidation sites excluding steroid dienone is 2. The van der Waals surface area contributed by atoms with E-state index >= 15 is 0 Å². The summed E-state index contributed by atoms with van der Waals surface area (Å²) in [5.74, 6) is 0.771. The quantitative estimate of drug-likeness (QED) is 0.560. The van der Waals surface area contributed by atoms with Crippen LogP contribution >= 0.6 is 0 Å². The van der Waals surface area contributed by atoms with Crippen molar-refractivity contribution in [3.8, 4) is 0 Å². The zero-order chi connectivity index (χ0) is 6.53. The Kier molecular flexibility index (Phi) is 2.07. The molecule has 0 radical (unpaired) electrons. The van der Waals surface area contributed by atoms with Gasteiger partial charge in [0, 0.05) is 6.42 Å². The Labute approximate surface area is 54.2 Å². The van der Waals surface area contributed by atoms with Crippen molar-refractivity contribution < 1.29 is 4.42 Å². The van der Waals surface area contributed by atoms with Crippen LogP contribution in [0.3, 0.4) is 0 Å². The lowest BCUT2D eigenvalue weighted by Gasteiger charge is -1.81. The highest BCUT2D eigenvalue weighted by molar-refractivity contribution is 4.90. The minimum Gasteiger partial charge on any atom is -0.449 e. The van der Waals surface area contributed by atoms with E-state index in [1.807, 2.05) is 19.1 Å². The molecule has 2 nitrogen and oxygen atoms in total. The maximum atomic E-state index is 4.97. The third-order valence-corrected chi connectivity index (χ3v) is 1.01. The van der Waals surface area contributed by atoms with Crippen LogP contribution in [-0.4, -0.2) is 4.98 Å². The highest BCUT2D eigenvalue weighted by Gasteiger charge is 1.89. The first-order chi connectivity index (χ1) is 4.43. The second-order valence-electron chi connectivity index (χ2n) is 1.70. The summed E-state index contributed by atoms with van der Waals surface area (Å²) in [4.78, 5) is 3.94. The summed E-state index contributed by atoms with van der Waals surface area (Å²) in [6.45, 7) is 1.98. The molecule has 1 heterocycles. The van der Waals surface area contributed by atoms with Crippen LogP contribution in [0.1, 0.15) is 12.8 Å². The average molecular weight is 123 g/mol. The summed E-state index contributed by atoms with van der Waals surface area (Å²) in [6, 6.07) is 0. The summed E-state index contributed by atoms with van der Waals surface area (Å²) >= 11 is 0. The van der Waals surface area contributed by atoms with Crippen molar-refractivity contribution >= 4 is 0 Å². The Bertz CT molecular complexity index is 177. The average Bonchev–Trinajstić information content (AvgIpc) is 2.34. The van der Waals surface area contributed by atoms with E-state index in [-0.39, 0.29) is 0 Å². The Morgan fingerprint density at radius 3 is 3.22 bits per heavy atom. The molecule has 0 unspecified atom stereocenters. The Balaban J connectivity index is 2.48. The van der Waals surface area contributed by atoms with Crippen LogP contribution < -0.4 is 0 Å². The second-order valence-corrected chi connectivity index (χ2v) is 1.70. The Hall–Kier alpha value is -1.05. The molecule has 0 aromatic carbocycles. The normalized spacial score (nSPS) is 10.8. The SMILES string of the molecule is C/C=C/Cc1ncco1. The third-order valence-electron chi connectivity index (χ3n) is 1.01. The van der Waals surface area contributed by atoms with E-state index in [1.165, 1.54) is 0 Å². The van der Waals surface area contributed by atoms with Crippen LogP contribution in [0.25, 0.3) is 0 Å². The largest absolute Gasteiger partial charge is 0.449 e. The minimum atomic E-state index is 0.771. The molecule has 1 aromatic heterocycles. The molecule has 0 atom stereocenters. The number of hydrogen-bond donors (Lipinski definition) is 0. The van der Waals surface area contributed by atoms with Crippen LogP contribution in [0.5, 0.6) is 0 Å². The van der Waals surface area contributed by atoms with Crippen LogP contribution in [-0.2, 0) is 6.42 Å². The number of aromatic nitrogens is 1. The molecule has 0 aliphatic carbocycles. The van der Waals surface area contributed by atoms with Gasteiger partial charge in [0.1, 0.15) is 6.26 Å². The monoisotopic (exact) mass is 123 g/mol. The maximum absolute atomic E-state index is 4.97. The zero-order valence-corrected chi connectivity index (χ0v) is 5.37. The van der Waals surface area contributed by atoms with Gasteiger partial charge in [0.25, 0.3) is 0 Å². The molecular formula is C7H9NO. The summed E-state index contributed by atoms with van der Waals surface area (Å²) < 4.78 is 4.97. The molecule has 0 aliphatic rings. The molecule has 0 saturated heterocycles. The van der Waals surface area contributed by atoms with Crippen molar-refractivity contribution in [2.24, 2.45) is 0 Å². The van der Waals surface area contributed by atoms with Gasteiger partial charge in [-0.05, 0) is 6.92 Å². The minimum absolute atomic E-state index is 0.771. The molecule has 0 N–H and O–H groups in total. The lowest BCUT2D eigenvalue weighted by molar-refractivity contribution is 0.509. The van der Waals surface area contributed by atoms with Crippen molar-refractivity contribution in [1.29, 1.82) is 0 Å². The zero-order valence-electron chi connectivity index (χ0n) is 5.37. The van der Waals surface area contributed by atoms with Crippen LogP contribution in [0.2, 0.25) is 0 Å². The van der Waals surface area contributed by atoms with Gasteiger partial charge in [-0.2, -0.15) is 0 Å². The van der Waals surface area contributed by atoms with Gasteiger partial charge < -0.3 is 4.42 Å². The molecule has 0 amide bonds. The predicted molar refractivity (Wildman–Crippen MR) is 35.0 cm³/mol. The van der Waals surface area contributed by atoms with E-state index in [9.17, 15) is 0 Å². The molecule has 0 saturated carbocycles. The Morgan fingerprint density at radius 2 is 2.67 bits per heavy atom. The fourth-order valence-corrected chi connectivity index (χ4v) is 0.572. The molecule has 0 aliphatic heterocycles. The summed E-state index contributed by atoms with van der Waals surface area (Å²) in [5.41, 5.74) is 0. The molecule has 1 rings (SSSR count). The van der Waals surface area contributed by atoms with Gasteiger partial charge >= 0.3 is 0 Å². The van der Waals surface area contributed by atoms with E-state index in [0.29, 0.717) is 0 Å². The smallest absolute Gasteiger partial charge is 0.197 e. The fraction of sp³-hybridized carbons (Fsp3) is 0.286. The fourth-order valence-electron chi connectivity index (χ4n) is 0.572. The number of oxazole rings is 1. The molecule has 48 valence electrons. The number of hydrogen-bond acceptors (Lipinski definition) is 2. The van der Waals surface area contributed by atoms with Gasteiger partial charge in [-0.25, -0.2) is 4.98 Å². The van der Waals surface area contributed by atoms with Gasteiger partial charge in [-0.15, -0.1) is 0 Å². The van der Waals surface area contributed by atoms with Gasteiger partial charge in [0.2, 0.25) is 0 Å². The Morgan fingerprint density at radius 1 is 1.78 bits per heavy atom. The standard InChI is InChI=1S/C7H9NO/c1-2-3-4-7-8-5-6-9-7/h2-3,5-6H,4H2,1H3/b3-2+. The van der Waals surface area contributed by atoms with Crippen LogP contribution in [0.4, 0.5) is 0 Å². The number of nitrogens with zero attached hydrogens (tertiary/aromatic N) is 1. The van der Waals surface area contributed by atoms with Crippen molar-refractivity contribution in [2.45, 2.75) is 13.3 Å². The molecule has 0 fully saturated rings. The second kappa shape index (κ2) is 3.07. The van der Waals surface area contributed by atoms with Gasteiger partial charge in [-0.3, -0.25) is 0 Å². The van der Waals surface area contributed by atoms with Crippen molar-refractivity contribution in [3.05, 3.63) is 30.5 Å². The summed E-state index contributed by atoms with van der Waals surface area (Å²) in [6.07, 6.45) is 8.01. The first kappa shape index (κ1) is 6.08. The molecule has 2 heteroatoms. The highest BCUT2D eigenvalue weighted by Crippen LogP contribution is 1.95. The molecule has 1 aromatic rings. The van der Waals surface area contributed by atoms with Gasteiger partial charge in [0.05, 0.1) is 6.20 Å². The van der Waals surface area contributed by atoms with E-state index in [1.54, 1.807) is 12.5 Å². The summed E-state index contributed by atoms with van der Waals surface area (Å²) in [7, 11) is 0. The van der Waals surface area contributed by atoms with Crippen LogP contribution in [0, 0.1) is 0 Å². The first-order valence-corrected chi connectivity index (χ1v) is 2.93. The van der Waals surface area contributed by atoms with Gasteiger partial charge in [0.15, 0.2) is 5.89 Å². The van der Waals surface area contributed by atoms with Crippen LogP contribution in [0.15, 0.2) is 29.0 Å². The van der Waals surface area contributed by atoms with Crippen molar-refractivity contribution in [3.63, 3.8) is 0 Å². The lowest BCUT2D eigenvalue weighted by Crippen LogP contribution is -1.76. The molecular weight excluding hydrogens is 114 g/mol. The molecule has 0 bridgehead atoms. The van der Waals surface area contributed by atoms with E-state index in [2.05, 4.69) is 4.98 Å². The topological polar surface area (TPSA) is 26.0 Å². The highest BCUT2D eigenvalue weighted by atomic mass is 16.3. The van der Waals surface area contributed by atoms with Crippen molar-refractivity contribution in [1.82, 2.24) is 4.98 Å². The summed E-state index contributed by atoms with van der Waals surface area (Å²) in [5, 5.41) is 0. The third kappa shape index (κ3) is 1.72. The number of rotatable bonds is 2. The molecule has 0 spiro atoms. The van der Waals surface area contributed by atoms with E-state index in [0.717, 1.165) is 12.3 Å². The maximum Gasteiger partial charge on any atom is 0.197 e. The molecule has 9 heavy (non-hydrogen) atoms. The van der Waals surface area contributed by atoms with Crippen molar-refractivity contribution in [2.75, 3.05) is 0 Å². The van der Waals surface area contributed by atoms with Gasteiger partial charge in [-0.1, -0.05) is 12.2 Å². The van der Waals surface area contributed by atoms with E-state index < -0.39 is 0 Å².